The normalized spacial score (nSPS) is 11.8. The molecule has 0 bridgehead atoms. The highest BCUT2D eigenvalue weighted by Gasteiger charge is 2.21. The number of aryl methyl sites for hydroxylation is 2. The second-order valence-corrected chi connectivity index (χ2v) is 21.0. The third-order valence-electron chi connectivity index (χ3n) is 13.2. The van der Waals surface area contributed by atoms with E-state index in [0.717, 1.165) is 45.8 Å². The van der Waals surface area contributed by atoms with Crippen LogP contribution in [0.25, 0.3) is 42.7 Å². The Kier molecular flexibility index (Phi) is 25.2. The van der Waals surface area contributed by atoms with E-state index >= 15 is 0 Å². The summed E-state index contributed by atoms with van der Waals surface area (Å²) >= 11 is 10.3. The molecule has 0 unspecified atom stereocenters. The van der Waals surface area contributed by atoms with Gasteiger partial charge in [0, 0.05) is 44.1 Å². The smallest absolute Gasteiger partial charge is 0.114 e. The van der Waals surface area contributed by atoms with Gasteiger partial charge in [0.1, 0.15) is 16.7 Å². The van der Waals surface area contributed by atoms with Crippen molar-refractivity contribution in [3.63, 3.8) is 0 Å². The standard InChI is InChI=1S/C54H82N4S4/c1-3-5-7-9-11-13-15-17-19-21-23-25-27-29-31-33-35-43-37-49(60-41-43)47-39-46-45(52(56-59)51(47)55)40-48(54-53(46)57-62-58-54)50-38-44(42-61-50)36-34-32-30-28-26-24-22-20-18-16-14-12-10-8-6-4-2/h37-42H,3-36,55H2,1-2H3. The van der Waals surface area contributed by atoms with E-state index in [0.29, 0.717) is 11.4 Å². The molecule has 0 saturated heterocycles. The molecule has 0 spiro atoms. The van der Waals surface area contributed by atoms with Crippen LogP contribution in [0.3, 0.4) is 0 Å². The van der Waals surface area contributed by atoms with Gasteiger partial charge in [-0.3, -0.25) is 0 Å². The second-order valence-electron chi connectivity index (χ2n) is 18.5. The third kappa shape index (κ3) is 17.3. The maximum absolute atomic E-state index is 6.92. The minimum absolute atomic E-state index is 0.659. The van der Waals surface area contributed by atoms with Crippen LogP contribution >= 0.6 is 34.4 Å². The van der Waals surface area contributed by atoms with Crippen LogP contribution in [0.5, 0.6) is 0 Å². The highest BCUT2D eigenvalue weighted by molar-refractivity contribution is 7.47. The van der Waals surface area contributed by atoms with Gasteiger partial charge < -0.3 is 5.73 Å². The number of thiophene rings is 2. The number of nitrogen functional groups attached to an aromatic ring is 1. The molecule has 5 rings (SSSR count). The van der Waals surface area contributed by atoms with E-state index in [1.165, 1.54) is 238 Å². The number of nitrogens with zero attached hydrogens (tertiary/aromatic N) is 3. The molecule has 0 aliphatic rings. The van der Waals surface area contributed by atoms with Crippen molar-refractivity contribution in [2.24, 2.45) is 4.36 Å². The molecule has 0 radical (unpaired) electrons. The van der Waals surface area contributed by atoms with Crippen molar-refractivity contribution in [1.82, 2.24) is 8.75 Å². The van der Waals surface area contributed by atoms with Crippen LogP contribution in [0.4, 0.5) is 11.4 Å². The lowest BCUT2D eigenvalue weighted by Gasteiger charge is -2.12. The van der Waals surface area contributed by atoms with Crippen molar-refractivity contribution in [1.29, 1.82) is 0 Å². The van der Waals surface area contributed by atoms with Gasteiger partial charge in [0.15, 0.2) is 0 Å². The van der Waals surface area contributed by atoms with Crippen molar-refractivity contribution in [2.45, 2.75) is 232 Å². The molecule has 4 nitrogen and oxygen atoms in total. The molecule has 3 aromatic heterocycles. The van der Waals surface area contributed by atoms with Crippen LogP contribution in [0.15, 0.2) is 39.4 Å². The molecule has 0 atom stereocenters. The first-order valence-electron chi connectivity index (χ1n) is 25.6. The zero-order valence-corrected chi connectivity index (χ0v) is 42.3. The number of nitrogens with two attached hydrogens (primary N) is 1. The first-order chi connectivity index (χ1) is 30.6. The van der Waals surface area contributed by atoms with Crippen molar-refractivity contribution in [3.8, 4) is 20.9 Å². The summed E-state index contributed by atoms with van der Waals surface area (Å²) in [5.74, 6) is 0. The first-order valence-corrected chi connectivity index (χ1v) is 28.5. The van der Waals surface area contributed by atoms with Crippen molar-refractivity contribution in [3.05, 3.63) is 46.2 Å². The van der Waals surface area contributed by atoms with Gasteiger partial charge in [-0.25, -0.2) is 0 Å². The Morgan fingerprint density at radius 2 is 0.806 bits per heavy atom. The van der Waals surface area contributed by atoms with Gasteiger partial charge in [0.2, 0.25) is 0 Å². The Labute approximate surface area is 395 Å². The summed E-state index contributed by atoms with van der Waals surface area (Å²) in [4.78, 5) is 2.40. The van der Waals surface area contributed by atoms with E-state index < -0.39 is 0 Å². The number of anilines is 1. The molecule has 8 heteroatoms. The molecule has 3 heterocycles. The SMILES string of the molecule is CCCCCCCCCCCCCCCCCCc1csc(-c2cc3c(cc(-c4cc(CCCCCCCCCCCCCCCCCC)cs4)c4nsnc43)c(N=S)c2N)c1. The van der Waals surface area contributed by atoms with E-state index in [-0.39, 0.29) is 0 Å². The lowest BCUT2D eigenvalue weighted by Crippen LogP contribution is -1.93. The lowest BCUT2D eigenvalue weighted by molar-refractivity contribution is 0.529. The molecule has 0 aliphatic heterocycles. The number of rotatable bonds is 37. The van der Waals surface area contributed by atoms with Gasteiger partial charge in [-0.2, -0.15) is 13.1 Å². The van der Waals surface area contributed by atoms with Gasteiger partial charge in [-0.1, -0.05) is 206 Å². The fourth-order valence-corrected chi connectivity index (χ4v) is 12.1. The number of hydrogen-bond acceptors (Lipinski definition) is 8. The molecule has 342 valence electrons. The third-order valence-corrected chi connectivity index (χ3v) is 16.0. The van der Waals surface area contributed by atoms with E-state index in [9.17, 15) is 0 Å². The summed E-state index contributed by atoms with van der Waals surface area (Å²) < 4.78 is 14.0. The molecular weight excluding hydrogens is 833 g/mol. The summed E-state index contributed by atoms with van der Waals surface area (Å²) in [6.45, 7) is 4.60. The van der Waals surface area contributed by atoms with Crippen LogP contribution < -0.4 is 5.73 Å². The fourth-order valence-electron chi connectivity index (χ4n) is 9.34. The summed E-state index contributed by atoms with van der Waals surface area (Å²) in [5, 5.41) is 6.64. The molecular formula is C54H82N4S4. The maximum Gasteiger partial charge on any atom is 0.114 e. The molecule has 2 aromatic carbocycles. The van der Waals surface area contributed by atoms with Crippen molar-refractivity contribution in [2.75, 3.05) is 5.73 Å². The minimum atomic E-state index is 0.659. The fraction of sp³-hybridized carbons (Fsp3) is 0.667. The molecule has 0 fully saturated rings. The van der Waals surface area contributed by atoms with Crippen LogP contribution in [0, 0.1) is 0 Å². The molecule has 0 saturated carbocycles. The van der Waals surface area contributed by atoms with Crippen molar-refractivity contribution < 1.29 is 0 Å². The molecule has 62 heavy (non-hydrogen) atoms. The maximum atomic E-state index is 6.92. The van der Waals surface area contributed by atoms with Crippen LogP contribution in [0.2, 0.25) is 0 Å². The Bertz CT molecular complexity index is 1960. The van der Waals surface area contributed by atoms with Crippen LogP contribution in [0.1, 0.15) is 230 Å². The predicted octanol–water partition coefficient (Wildman–Crippen LogP) is 19.9. The van der Waals surface area contributed by atoms with E-state index in [1.807, 2.05) is 11.3 Å². The quantitative estimate of drug-likeness (QED) is 0.0318. The topological polar surface area (TPSA) is 64.2 Å². The Hall–Kier alpha value is -2.26. The number of benzene rings is 2. The first kappa shape index (κ1) is 50.7. The summed E-state index contributed by atoms with van der Waals surface area (Å²) in [7, 11) is 0. The average Bonchev–Trinajstić information content (AvgIpc) is 4.08. The molecule has 5 aromatic rings. The largest absolute Gasteiger partial charge is 0.396 e. The molecule has 2 N–H and O–H groups in total. The Morgan fingerprint density at radius 3 is 1.21 bits per heavy atom. The Balaban J connectivity index is 1.03. The van der Waals surface area contributed by atoms with Gasteiger partial charge >= 0.3 is 0 Å². The van der Waals surface area contributed by atoms with Gasteiger partial charge in [0.05, 0.1) is 17.4 Å². The molecule has 0 amide bonds. The van der Waals surface area contributed by atoms with Crippen LogP contribution in [-0.2, 0) is 25.3 Å². The lowest BCUT2D eigenvalue weighted by atomic mass is 9.97. The number of unbranched alkanes of at least 4 members (excludes halogenated alkanes) is 30. The predicted molar refractivity (Wildman–Crippen MR) is 282 cm³/mol. The van der Waals surface area contributed by atoms with E-state index in [2.05, 4.69) is 53.2 Å². The van der Waals surface area contributed by atoms with Crippen LogP contribution in [-0.4, -0.2) is 8.75 Å². The highest BCUT2D eigenvalue weighted by Crippen LogP contribution is 2.46. The number of aromatic nitrogens is 2. The second kappa shape index (κ2) is 30.8. The zero-order chi connectivity index (χ0) is 43.5. The van der Waals surface area contributed by atoms with Gasteiger partial charge in [-0.05, 0) is 71.8 Å². The average molecular weight is 916 g/mol. The summed E-state index contributed by atoms with van der Waals surface area (Å²) in [6, 6.07) is 9.12. The van der Waals surface area contributed by atoms with Gasteiger partial charge in [0.25, 0.3) is 0 Å². The Morgan fingerprint density at radius 1 is 0.452 bits per heavy atom. The number of hydrogen-bond donors (Lipinski definition) is 1. The highest BCUT2D eigenvalue weighted by atomic mass is 32.1. The molecule has 0 aliphatic carbocycles. The van der Waals surface area contributed by atoms with Crippen molar-refractivity contribution >= 4 is 80.0 Å². The van der Waals surface area contributed by atoms with Gasteiger partial charge in [-0.15, -0.1) is 22.7 Å². The summed E-state index contributed by atoms with van der Waals surface area (Å²) in [6.07, 6.45) is 47.0. The minimum Gasteiger partial charge on any atom is -0.396 e. The van der Waals surface area contributed by atoms with E-state index in [1.54, 1.807) is 11.3 Å². The summed E-state index contributed by atoms with van der Waals surface area (Å²) in [5.41, 5.74) is 15.1. The zero-order valence-electron chi connectivity index (χ0n) is 39.1. The van der Waals surface area contributed by atoms with E-state index in [4.69, 9.17) is 26.9 Å². The number of fused-ring (bicyclic) bond motifs is 3. The monoisotopic (exact) mass is 915 g/mol.